The smallest absolute Gasteiger partial charge is 0.239 e. The largest absolute Gasteiger partial charge is 0.358 e. The molecule has 0 aliphatic rings. The molecule has 1 heterocycles. The van der Waals surface area contributed by atoms with Gasteiger partial charge in [0.15, 0.2) is 5.13 Å². The van der Waals surface area contributed by atoms with Gasteiger partial charge in [0.1, 0.15) is 10.1 Å². The van der Waals surface area contributed by atoms with Crippen molar-refractivity contribution in [2.45, 2.75) is 26.0 Å². The van der Waals surface area contributed by atoms with E-state index < -0.39 is 0 Å². The van der Waals surface area contributed by atoms with E-state index in [1.807, 2.05) is 31.1 Å². The van der Waals surface area contributed by atoms with E-state index in [1.165, 1.54) is 35.2 Å². The molecule has 134 valence electrons. The standard InChI is InChI=1S/C17H20FN3OS3/c1-4-21(5-2)17(23)25-11(3)15(22)20-16-19-14(10-24-16)12-6-8-13(18)9-7-12/h6-11H,4-5H2,1-3H3,(H,19,20,22)/t11-/m0/s1. The Hall–Kier alpha value is -1.51. The molecule has 0 aliphatic carbocycles. The fourth-order valence-electron chi connectivity index (χ4n) is 2.05. The number of amides is 1. The highest BCUT2D eigenvalue weighted by Crippen LogP contribution is 2.26. The molecule has 0 saturated heterocycles. The Balaban J connectivity index is 1.96. The number of aromatic nitrogens is 1. The molecule has 25 heavy (non-hydrogen) atoms. The van der Waals surface area contributed by atoms with E-state index in [9.17, 15) is 9.18 Å². The molecule has 0 fully saturated rings. The lowest BCUT2D eigenvalue weighted by molar-refractivity contribution is -0.115. The van der Waals surface area contributed by atoms with Gasteiger partial charge in [-0.25, -0.2) is 9.37 Å². The van der Waals surface area contributed by atoms with E-state index in [4.69, 9.17) is 12.2 Å². The van der Waals surface area contributed by atoms with Crippen molar-refractivity contribution in [2.24, 2.45) is 0 Å². The lowest BCUT2D eigenvalue weighted by atomic mass is 10.2. The van der Waals surface area contributed by atoms with Crippen molar-refractivity contribution in [3.8, 4) is 11.3 Å². The molecule has 0 unspecified atom stereocenters. The number of halogens is 1. The highest BCUT2D eigenvalue weighted by atomic mass is 32.2. The Morgan fingerprint density at radius 1 is 1.36 bits per heavy atom. The number of carbonyl (C=O) groups excluding carboxylic acids is 1. The van der Waals surface area contributed by atoms with Crippen LogP contribution in [-0.2, 0) is 4.79 Å². The molecule has 0 bridgehead atoms. The van der Waals surface area contributed by atoms with Crippen LogP contribution in [0, 0.1) is 5.82 Å². The number of carbonyl (C=O) groups is 1. The van der Waals surface area contributed by atoms with Gasteiger partial charge in [-0.3, -0.25) is 4.79 Å². The molecule has 2 aromatic rings. The van der Waals surface area contributed by atoms with Crippen LogP contribution in [0.5, 0.6) is 0 Å². The quantitative estimate of drug-likeness (QED) is 0.720. The Bertz CT molecular complexity index is 729. The van der Waals surface area contributed by atoms with Crippen molar-refractivity contribution in [3.63, 3.8) is 0 Å². The number of benzene rings is 1. The maximum absolute atomic E-state index is 13.0. The average Bonchev–Trinajstić information content (AvgIpc) is 3.05. The minimum atomic E-state index is -0.314. The summed E-state index contributed by atoms with van der Waals surface area (Å²) in [7, 11) is 0. The lowest BCUT2D eigenvalue weighted by Crippen LogP contribution is -2.31. The van der Waals surface area contributed by atoms with Gasteiger partial charge in [-0.2, -0.15) is 0 Å². The van der Waals surface area contributed by atoms with Crippen LogP contribution in [0.1, 0.15) is 20.8 Å². The van der Waals surface area contributed by atoms with E-state index in [0.29, 0.717) is 10.8 Å². The molecule has 1 atom stereocenters. The normalized spacial score (nSPS) is 11.8. The first kappa shape index (κ1) is 19.8. The Morgan fingerprint density at radius 3 is 2.60 bits per heavy atom. The summed E-state index contributed by atoms with van der Waals surface area (Å²) in [4.78, 5) is 18.8. The number of thiocarbonyl (C=S) groups is 1. The third-order valence-corrected chi connectivity index (χ3v) is 5.87. The van der Waals surface area contributed by atoms with E-state index >= 15 is 0 Å². The third kappa shape index (κ3) is 5.49. The van der Waals surface area contributed by atoms with Crippen molar-refractivity contribution in [1.82, 2.24) is 9.88 Å². The van der Waals surface area contributed by atoms with Crippen LogP contribution in [0.15, 0.2) is 29.6 Å². The number of anilines is 1. The number of thioether (sulfide) groups is 1. The van der Waals surface area contributed by atoms with Gasteiger partial charge in [0.05, 0.1) is 10.9 Å². The molecular formula is C17H20FN3OS3. The average molecular weight is 398 g/mol. The van der Waals surface area contributed by atoms with E-state index in [-0.39, 0.29) is 17.0 Å². The topological polar surface area (TPSA) is 45.2 Å². The monoisotopic (exact) mass is 397 g/mol. The predicted octanol–water partition coefficient (Wildman–Crippen LogP) is 4.64. The van der Waals surface area contributed by atoms with Crippen molar-refractivity contribution < 1.29 is 9.18 Å². The number of thiazole rings is 1. The molecule has 1 aromatic heterocycles. The van der Waals surface area contributed by atoms with Crippen LogP contribution >= 0.6 is 35.3 Å². The van der Waals surface area contributed by atoms with Gasteiger partial charge in [-0.1, -0.05) is 24.0 Å². The highest BCUT2D eigenvalue weighted by molar-refractivity contribution is 8.23. The molecule has 1 N–H and O–H groups in total. The molecule has 0 saturated carbocycles. The van der Waals surface area contributed by atoms with Gasteiger partial charge < -0.3 is 10.2 Å². The zero-order chi connectivity index (χ0) is 18.4. The van der Waals surface area contributed by atoms with Crippen LogP contribution < -0.4 is 5.32 Å². The first-order valence-corrected chi connectivity index (χ1v) is 10.1. The Labute approximate surface area is 160 Å². The van der Waals surface area contributed by atoms with E-state index in [1.54, 1.807) is 12.1 Å². The first-order valence-electron chi connectivity index (χ1n) is 7.92. The SMILES string of the molecule is CCN(CC)C(=S)S[C@@H](C)C(=O)Nc1nc(-c2ccc(F)cc2)cs1. The van der Waals surface area contributed by atoms with Gasteiger partial charge in [-0.05, 0) is 45.0 Å². The van der Waals surface area contributed by atoms with Gasteiger partial charge in [0.2, 0.25) is 5.91 Å². The second-order valence-electron chi connectivity index (χ2n) is 5.23. The summed E-state index contributed by atoms with van der Waals surface area (Å²) in [5, 5.41) is 4.86. The molecule has 8 heteroatoms. The van der Waals surface area contributed by atoms with E-state index in [0.717, 1.165) is 23.0 Å². The fourth-order valence-corrected chi connectivity index (χ4v) is 4.34. The number of hydrogen-bond donors (Lipinski definition) is 1. The second kappa shape index (κ2) is 9.26. The minimum Gasteiger partial charge on any atom is -0.358 e. The molecular weight excluding hydrogens is 377 g/mol. The van der Waals surface area contributed by atoms with Crippen LogP contribution in [0.25, 0.3) is 11.3 Å². The predicted molar refractivity (Wildman–Crippen MR) is 109 cm³/mol. The van der Waals surface area contributed by atoms with Crippen LogP contribution in [0.3, 0.4) is 0 Å². The summed E-state index contributed by atoms with van der Waals surface area (Å²) in [6, 6.07) is 6.10. The van der Waals surface area contributed by atoms with Gasteiger partial charge in [-0.15, -0.1) is 11.3 Å². The molecule has 1 amide bonds. The maximum atomic E-state index is 13.0. The Kier molecular flexibility index (Phi) is 7.34. The summed E-state index contributed by atoms with van der Waals surface area (Å²) >= 11 is 8.09. The first-order chi connectivity index (χ1) is 11.9. The molecule has 1 aromatic carbocycles. The Morgan fingerprint density at radius 2 is 2.00 bits per heavy atom. The van der Waals surface area contributed by atoms with Crippen LogP contribution in [0.4, 0.5) is 9.52 Å². The highest BCUT2D eigenvalue weighted by Gasteiger charge is 2.19. The lowest BCUT2D eigenvalue weighted by Gasteiger charge is -2.22. The molecule has 0 aliphatic heterocycles. The number of nitrogens with zero attached hydrogens (tertiary/aromatic N) is 2. The summed E-state index contributed by atoms with van der Waals surface area (Å²) in [5.41, 5.74) is 1.52. The number of hydrogen-bond acceptors (Lipinski definition) is 5. The van der Waals surface area contributed by atoms with Gasteiger partial charge in [0.25, 0.3) is 0 Å². The minimum absolute atomic E-state index is 0.139. The summed E-state index contributed by atoms with van der Waals surface area (Å²) in [6.07, 6.45) is 0. The van der Waals surface area contributed by atoms with E-state index in [2.05, 4.69) is 10.3 Å². The zero-order valence-corrected chi connectivity index (χ0v) is 16.7. The van der Waals surface area contributed by atoms with Crippen LogP contribution in [-0.4, -0.2) is 38.5 Å². The van der Waals surface area contributed by atoms with Gasteiger partial charge in [0, 0.05) is 24.0 Å². The summed E-state index contributed by atoms with van der Waals surface area (Å²) < 4.78 is 13.7. The molecule has 4 nitrogen and oxygen atoms in total. The number of rotatable bonds is 6. The van der Waals surface area contributed by atoms with Crippen molar-refractivity contribution in [3.05, 3.63) is 35.5 Å². The van der Waals surface area contributed by atoms with Crippen molar-refractivity contribution >= 4 is 50.7 Å². The molecule has 0 spiro atoms. The van der Waals surface area contributed by atoms with Gasteiger partial charge >= 0.3 is 0 Å². The summed E-state index contributed by atoms with van der Waals surface area (Å²) in [5.74, 6) is -0.429. The zero-order valence-electron chi connectivity index (χ0n) is 14.3. The molecule has 0 radical (unpaired) electrons. The fraction of sp³-hybridized carbons (Fsp3) is 0.353. The second-order valence-corrected chi connectivity index (χ2v) is 8.07. The van der Waals surface area contributed by atoms with Crippen LogP contribution in [0.2, 0.25) is 0 Å². The van der Waals surface area contributed by atoms with Crippen molar-refractivity contribution in [1.29, 1.82) is 0 Å². The summed E-state index contributed by atoms with van der Waals surface area (Å²) in [6.45, 7) is 7.54. The third-order valence-electron chi connectivity index (χ3n) is 3.54. The maximum Gasteiger partial charge on any atom is 0.239 e. The number of nitrogens with one attached hydrogen (secondary N) is 1. The van der Waals surface area contributed by atoms with Crippen molar-refractivity contribution in [2.75, 3.05) is 18.4 Å². The molecule has 2 rings (SSSR count).